The SMILES string of the molecule is INCCC=C1c2ccccc2Sc2ccccc21. The van der Waals surface area contributed by atoms with Gasteiger partial charge >= 0.3 is 0 Å². The van der Waals surface area contributed by atoms with Crippen molar-refractivity contribution >= 4 is 40.2 Å². The van der Waals surface area contributed by atoms with E-state index in [0.717, 1.165) is 13.0 Å². The summed E-state index contributed by atoms with van der Waals surface area (Å²) in [6.07, 6.45) is 3.40. The Balaban J connectivity index is 2.09. The van der Waals surface area contributed by atoms with Gasteiger partial charge in [0, 0.05) is 39.2 Å². The van der Waals surface area contributed by atoms with Gasteiger partial charge in [-0.1, -0.05) is 54.2 Å². The molecular weight excluding hydrogens is 365 g/mol. The molecule has 1 N–H and O–H groups in total. The van der Waals surface area contributed by atoms with Crippen molar-refractivity contribution in [2.75, 3.05) is 6.54 Å². The summed E-state index contributed by atoms with van der Waals surface area (Å²) in [5.41, 5.74) is 4.09. The number of hydrogen-bond donors (Lipinski definition) is 1. The van der Waals surface area contributed by atoms with Crippen LogP contribution >= 0.6 is 34.6 Å². The summed E-state index contributed by atoms with van der Waals surface area (Å²) in [5.74, 6) is 0. The quantitative estimate of drug-likeness (QED) is 0.394. The molecule has 0 amide bonds. The highest BCUT2D eigenvalue weighted by Gasteiger charge is 2.19. The maximum absolute atomic E-state index is 3.18. The topological polar surface area (TPSA) is 12.0 Å². The van der Waals surface area contributed by atoms with E-state index in [0.29, 0.717) is 0 Å². The Morgan fingerprint density at radius 2 is 1.53 bits per heavy atom. The standard InChI is InChI=1S/C16H14INS/c17-18-11-5-8-12-13-6-1-3-9-15(13)19-16-10-4-2-7-14(12)16/h1-4,6-10,18H,5,11H2. The minimum Gasteiger partial charge on any atom is -0.261 e. The van der Waals surface area contributed by atoms with E-state index in [1.54, 1.807) is 0 Å². The predicted molar refractivity (Wildman–Crippen MR) is 90.7 cm³/mol. The van der Waals surface area contributed by atoms with E-state index in [4.69, 9.17) is 0 Å². The van der Waals surface area contributed by atoms with Crippen LogP contribution in [-0.4, -0.2) is 6.54 Å². The molecule has 0 spiro atoms. The van der Waals surface area contributed by atoms with Gasteiger partial charge in [0.2, 0.25) is 0 Å². The highest BCUT2D eigenvalue weighted by Crippen LogP contribution is 2.45. The highest BCUT2D eigenvalue weighted by atomic mass is 127. The van der Waals surface area contributed by atoms with Gasteiger partial charge in [-0.2, -0.15) is 0 Å². The maximum Gasteiger partial charge on any atom is 0.0201 e. The molecule has 1 nitrogen and oxygen atoms in total. The average molecular weight is 379 g/mol. The first-order valence-electron chi connectivity index (χ1n) is 6.30. The van der Waals surface area contributed by atoms with E-state index in [2.05, 4.69) is 81.0 Å². The molecule has 2 aromatic carbocycles. The number of benzene rings is 2. The number of nitrogens with one attached hydrogen (secondary N) is 1. The Kier molecular flexibility index (Phi) is 4.25. The van der Waals surface area contributed by atoms with Crippen molar-refractivity contribution in [1.82, 2.24) is 3.53 Å². The van der Waals surface area contributed by atoms with Crippen LogP contribution in [0.2, 0.25) is 0 Å². The molecule has 0 bridgehead atoms. The molecule has 0 aliphatic carbocycles. The van der Waals surface area contributed by atoms with Crippen LogP contribution in [0, 0.1) is 0 Å². The van der Waals surface area contributed by atoms with Crippen LogP contribution in [0.1, 0.15) is 17.5 Å². The van der Waals surface area contributed by atoms with Crippen molar-refractivity contribution in [2.24, 2.45) is 0 Å². The Labute approximate surface area is 132 Å². The van der Waals surface area contributed by atoms with Crippen LogP contribution in [0.4, 0.5) is 0 Å². The van der Waals surface area contributed by atoms with Gasteiger partial charge in [-0.15, -0.1) is 0 Å². The minimum absolute atomic E-state index is 1.00. The molecule has 2 aromatic rings. The molecule has 0 saturated carbocycles. The van der Waals surface area contributed by atoms with Crippen LogP contribution in [0.3, 0.4) is 0 Å². The molecule has 19 heavy (non-hydrogen) atoms. The van der Waals surface area contributed by atoms with Crippen molar-refractivity contribution in [3.63, 3.8) is 0 Å². The molecule has 0 atom stereocenters. The monoisotopic (exact) mass is 379 g/mol. The van der Waals surface area contributed by atoms with Gasteiger partial charge in [0.05, 0.1) is 0 Å². The fourth-order valence-electron chi connectivity index (χ4n) is 2.31. The third-order valence-electron chi connectivity index (χ3n) is 3.16. The highest BCUT2D eigenvalue weighted by molar-refractivity contribution is 14.1. The number of rotatable bonds is 3. The molecule has 0 radical (unpaired) electrons. The number of fused-ring (bicyclic) bond motifs is 2. The molecule has 3 rings (SSSR count). The van der Waals surface area contributed by atoms with Gasteiger partial charge in [0.15, 0.2) is 0 Å². The Hall–Kier alpha value is -0.780. The van der Waals surface area contributed by atoms with Gasteiger partial charge in [-0.05, 0) is 35.3 Å². The summed E-state index contributed by atoms with van der Waals surface area (Å²) >= 11 is 4.07. The van der Waals surface area contributed by atoms with Gasteiger partial charge < -0.3 is 0 Å². The summed E-state index contributed by atoms with van der Waals surface area (Å²) in [6, 6.07) is 17.3. The van der Waals surface area contributed by atoms with E-state index in [1.807, 2.05) is 11.8 Å². The molecule has 1 aliphatic heterocycles. The van der Waals surface area contributed by atoms with Gasteiger partial charge in [-0.25, -0.2) is 0 Å². The predicted octanol–water partition coefficient (Wildman–Crippen LogP) is 4.91. The fourth-order valence-corrected chi connectivity index (χ4v) is 3.73. The zero-order chi connectivity index (χ0) is 13.1. The second kappa shape index (κ2) is 6.11. The summed E-state index contributed by atoms with van der Waals surface area (Å²) in [7, 11) is 0. The second-order valence-electron chi connectivity index (χ2n) is 4.38. The van der Waals surface area contributed by atoms with E-state index in [9.17, 15) is 0 Å². The van der Waals surface area contributed by atoms with Gasteiger partial charge in [0.25, 0.3) is 0 Å². The fraction of sp³-hybridized carbons (Fsp3) is 0.125. The molecule has 1 aliphatic rings. The number of hydrogen-bond acceptors (Lipinski definition) is 2. The molecule has 0 saturated heterocycles. The third-order valence-corrected chi connectivity index (χ3v) is 4.85. The van der Waals surface area contributed by atoms with E-state index >= 15 is 0 Å². The van der Waals surface area contributed by atoms with Gasteiger partial charge in [0.1, 0.15) is 0 Å². The summed E-state index contributed by atoms with van der Waals surface area (Å²) < 4.78 is 3.18. The lowest BCUT2D eigenvalue weighted by Crippen LogP contribution is -2.01. The second-order valence-corrected chi connectivity index (χ2v) is 6.23. The first-order valence-corrected chi connectivity index (χ1v) is 8.20. The largest absolute Gasteiger partial charge is 0.261 e. The van der Waals surface area contributed by atoms with Crippen LogP contribution in [-0.2, 0) is 0 Å². The molecule has 0 unspecified atom stereocenters. The molecule has 0 aromatic heterocycles. The molecular formula is C16H14INS. The third kappa shape index (κ3) is 2.73. The van der Waals surface area contributed by atoms with Crippen LogP contribution in [0.25, 0.3) is 5.57 Å². The average Bonchev–Trinajstić information content (AvgIpc) is 2.46. The summed E-state index contributed by atoms with van der Waals surface area (Å²) in [4.78, 5) is 2.71. The lowest BCUT2D eigenvalue weighted by atomic mass is 9.96. The number of halogens is 1. The molecule has 1 heterocycles. The summed E-state index contributed by atoms with van der Waals surface area (Å²) in [6.45, 7) is 1.00. The zero-order valence-corrected chi connectivity index (χ0v) is 13.4. The van der Waals surface area contributed by atoms with Crippen LogP contribution < -0.4 is 3.53 Å². The lowest BCUT2D eigenvalue weighted by Gasteiger charge is -2.21. The van der Waals surface area contributed by atoms with E-state index < -0.39 is 0 Å². The smallest absolute Gasteiger partial charge is 0.0201 e. The van der Waals surface area contributed by atoms with E-state index in [-0.39, 0.29) is 0 Å². The van der Waals surface area contributed by atoms with Crippen LogP contribution in [0.5, 0.6) is 0 Å². The Morgan fingerprint density at radius 3 is 2.11 bits per heavy atom. The maximum atomic E-state index is 3.18. The molecule has 96 valence electrons. The van der Waals surface area contributed by atoms with Crippen molar-refractivity contribution in [1.29, 1.82) is 0 Å². The van der Waals surface area contributed by atoms with Gasteiger partial charge in [-0.3, -0.25) is 3.53 Å². The normalized spacial score (nSPS) is 12.8. The van der Waals surface area contributed by atoms with E-state index in [1.165, 1.54) is 26.5 Å². The van der Waals surface area contributed by atoms with Crippen molar-refractivity contribution < 1.29 is 0 Å². The molecule has 3 heteroatoms. The first kappa shape index (κ1) is 13.2. The Bertz CT molecular complexity index is 574. The molecule has 0 fully saturated rings. The summed E-state index contributed by atoms with van der Waals surface area (Å²) in [5, 5.41) is 0. The van der Waals surface area contributed by atoms with Crippen LogP contribution in [0.15, 0.2) is 64.4 Å². The van der Waals surface area contributed by atoms with Crippen molar-refractivity contribution in [3.05, 3.63) is 65.7 Å². The minimum atomic E-state index is 1.00. The van der Waals surface area contributed by atoms with Crippen molar-refractivity contribution in [2.45, 2.75) is 16.2 Å². The van der Waals surface area contributed by atoms with Crippen molar-refractivity contribution in [3.8, 4) is 0 Å². The lowest BCUT2D eigenvalue weighted by molar-refractivity contribution is 0.965. The first-order chi connectivity index (χ1) is 9.40. The zero-order valence-electron chi connectivity index (χ0n) is 10.4. The Morgan fingerprint density at radius 1 is 0.947 bits per heavy atom.